The molecule has 94 valence electrons. The summed E-state index contributed by atoms with van der Waals surface area (Å²) in [5, 5.41) is 3.54. The number of hydrogen-bond acceptors (Lipinski definition) is 2. The molecule has 0 aliphatic carbocycles. The van der Waals surface area contributed by atoms with E-state index < -0.39 is 0 Å². The van der Waals surface area contributed by atoms with Gasteiger partial charge in [0.15, 0.2) is 0 Å². The molecule has 1 N–H and O–H groups in total. The Bertz CT molecular complexity index is 485. The summed E-state index contributed by atoms with van der Waals surface area (Å²) >= 11 is 3.59. The van der Waals surface area contributed by atoms with Crippen LogP contribution in [0.1, 0.15) is 24.1 Å². The van der Waals surface area contributed by atoms with Crippen LogP contribution in [0.15, 0.2) is 53.3 Å². The van der Waals surface area contributed by atoms with E-state index in [2.05, 4.69) is 63.5 Å². The molecule has 0 radical (unpaired) electrons. The molecule has 2 aromatic rings. The van der Waals surface area contributed by atoms with Gasteiger partial charge in [0, 0.05) is 22.9 Å². The third kappa shape index (κ3) is 3.65. The first-order chi connectivity index (χ1) is 8.77. The van der Waals surface area contributed by atoms with Crippen LogP contribution in [0.5, 0.6) is 0 Å². The Labute approximate surface area is 117 Å². The quantitative estimate of drug-likeness (QED) is 0.910. The van der Waals surface area contributed by atoms with E-state index in [9.17, 15) is 0 Å². The molecule has 1 heterocycles. The van der Waals surface area contributed by atoms with Crippen molar-refractivity contribution in [2.45, 2.75) is 19.4 Å². The zero-order valence-corrected chi connectivity index (χ0v) is 12.0. The Morgan fingerprint density at radius 1 is 1.17 bits per heavy atom. The van der Waals surface area contributed by atoms with E-state index in [1.807, 2.05) is 18.5 Å². The molecule has 1 aromatic heterocycles. The van der Waals surface area contributed by atoms with E-state index >= 15 is 0 Å². The van der Waals surface area contributed by atoms with Gasteiger partial charge < -0.3 is 5.32 Å². The van der Waals surface area contributed by atoms with Gasteiger partial charge in [-0.2, -0.15) is 0 Å². The Balaban J connectivity index is 1.86. The van der Waals surface area contributed by atoms with E-state index in [0.29, 0.717) is 6.04 Å². The van der Waals surface area contributed by atoms with Gasteiger partial charge in [0.25, 0.3) is 0 Å². The number of halogens is 1. The van der Waals surface area contributed by atoms with Crippen LogP contribution in [0, 0.1) is 0 Å². The van der Waals surface area contributed by atoms with Crippen LogP contribution >= 0.6 is 15.9 Å². The molecule has 1 aromatic carbocycles. The minimum atomic E-state index is 0.349. The summed E-state index contributed by atoms with van der Waals surface area (Å²) in [7, 11) is 0. The van der Waals surface area contributed by atoms with Gasteiger partial charge in [-0.05, 0) is 49.2 Å². The van der Waals surface area contributed by atoms with Gasteiger partial charge in [0.05, 0.1) is 0 Å². The highest BCUT2D eigenvalue weighted by Gasteiger charge is 2.07. The molecule has 1 atom stereocenters. The third-order valence-electron chi connectivity index (χ3n) is 2.99. The van der Waals surface area contributed by atoms with Gasteiger partial charge in [0.1, 0.15) is 0 Å². The average Bonchev–Trinajstić information content (AvgIpc) is 2.40. The van der Waals surface area contributed by atoms with E-state index in [4.69, 9.17) is 0 Å². The van der Waals surface area contributed by atoms with E-state index in [0.717, 1.165) is 17.4 Å². The number of benzene rings is 1. The van der Waals surface area contributed by atoms with Crippen LogP contribution in [0.4, 0.5) is 0 Å². The van der Waals surface area contributed by atoms with Gasteiger partial charge in [-0.3, -0.25) is 4.98 Å². The van der Waals surface area contributed by atoms with Crippen LogP contribution < -0.4 is 5.32 Å². The maximum Gasteiger partial charge on any atom is 0.0303 e. The van der Waals surface area contributed by atoms with Crippen molar-refractivity contribution >= 4 is 15.9 Å². The van der Waals surface area contributed by atoms with Crippen molar-refractivity contribution in [2.24, 2.45) is 0 Å². The average molecular weight is 305 g/mol. The predicted molar refractivity (Wildman–Crippen MR) is 78.5 cm³/mol. The number of pyridine rings is 1. The van der Waals surface area contributed by atoms with Gasteiger partial charge in [0.2, 0.25) is 0 Å². The lowest BCUT2D eigenvalue weighted by Crippen LogP contribution is -2.21. The summed E-state index contributed by atoms with van der Waals surface area (Å²) in [5.41, 5.74) is 2.61. The Morgan fingerprint density at radius 3 is 2.61 bits per heavy atom. The highest BCUT2D eigenvalue weighted by molar-refractivity contribution is 9.10. The maximum atomic E-state index is 4.02. The molecular weight excluding hydrogens is 288 g/mol. The van der Waals surface area contributed by atoms with Crippen LogP contribution in [-0.4, -0.2) is 11.5 Å². The number of nitrogens with one attached hydrogen (secondary N) is 1. The van der Waals surface area contributed by atoms with E-state index in [1.165, 1.54) is 11.1 Å². The highest BCUT2D eigenvalue weighted by atomic mass is 79.9. The van der Waals surface area contributed by atoms with Crippen molar-refractivity contribution in [3.8, 4) is 0 Å². The minimum absolute atomic E-state index is 0.349. The fraction of sp³-hybridized carbons (Fsp3) is 0.267. The standard InChI is InChI=1S/C15H17BrN2/c1-12(14-4-2-3-5-15(14)16)18-11-8-13-6-9-17-10-7-13/h2-7,9-10,12,18H,8,11H2,1H3/t12-/m1/s1. The Kier molecular flexibility index (Phi) is 4.90. The fourth-order valence-electron chi connectivity index (χ4n) is 1.92. The first-order valence-electron chi connectivity index (χ1n) is 6.14. The number of rotatable bonds is 5. The molecule has 3 heteroatoms. The highest BCUT2D eigenvalue weighted by Crippen LogP contribution is 2.22. The number of aromatic nitrogens is 1. The fourth-order valence-corrected chi connectivity index (χ4v) is 2.55. The topological polar surface area (TPSA) is 24.9 Å². The molecule has 0 saturated carbocycles. The summed E-state index contributed by atoms with van der Waals surface area (Å²) in [4.78, 5) is 4.02. The molecule has 0 spiro atoms. The molecule has 0 aliphatic heterocycles. The van der Waals surface area contributed by atoms with Gasteiger partial charge in [-0.1, -0.05) is 34.1 Å². The van der Waals surface area contributed by atoms with Crippen LogP contribution in [0.25, 0.3) is 0 Å². The zero-order chi connectivity index (χ0) is 12.8. The van der Waals surface area contributed by atoms with Crippen molar-refractivity contribution in [3.05, 3.63) is 64.4 Å². The minimum Gasteiger partial charge on any atom is -0.310 e. The van der Waals surface area contributed by atoms with Crippen molar-refractivity contribution in [2.75, 3.05) is 6.54 Å². The van der Waals surface area contributed by atoms with Gasteiger partial charge >= 0.3 is 0 Å². The van der Waals surface area contributed by atoms with Crippen LogP contribution in [0.3, 0.4) is 0 Å². The third-order valence-corrected chi connectivity index (χ3v) is 3.71. The van der Waals surface area contributed by atoms with Crippen LogP contribution in [0.2, 0.25) is 0 Å². The van der Waals surface area contributed by atoms with Crippen molar-refractivity contribution < 1.29 is 0 Å². The molecular formula is C15H17BrN2. The first-order valence-corrected chi connectivity index (χ1v) is 6.93. The molecule has 0 saturated heterocycles. The SMILES string of the molecule is C[C@@H](NCCc1ccncc1)c1ccccc1Br. The molecule has 0 bridgehead atoms. The summed E-state index contributed by atoms with van der Waals surface area (Å²) in [6.45, 7) is 3.15. The van der Waals surface area contributed by atoms with Crippen molar-refractivity contribution in [1.82, 2.24) is 10.3 Å². The normalized spacial score (nSPS) is 12.3. The smallest absolute Gasteiger partial charge is 0.0303 e. The summed E-state index contributed by atoms with van der Waals surface area (Å²) in [5.74, 6) is 0. The van der Waals surface area contributed by atoms with E-state index in [-0.39, 0.29) is 0 Å². The molecule has 2 nitrogen and oxygen atoms in total. The summed E-state index contributed by atoms with van der Waals surface area (Å²) < 4.78 is 1.16. The second-order valence-corrected chi connectivity index (χ2v) is 5.16. The second kappa shape index (κ2) is 6.66. The monoisotopic (exact) mass is 304 g/mol. The first kappa shape index (κ1) is 13.2. The van der Waals surface area contributed by atoms with Gasteiger partial charge in [-0.15, -0.1) is 0 Å². The molecule has 18 heavy (non-hydrogen) atoms. The van der Waals surface area contributed by atoms with E-state index in [1.54, 1.807) is 0 Å². The summed E-state index contributed by atoms with van der Waals surface area (Å²) in [6.07, 6.45) is 4.70. The lowest BCUT2D eigenvalue weighted by Gasteiger charge is -2.15. The molecule has 0 aliphatic rings. The molecule has 0 unspecified atom stereocenters. The summed E-state index contributed by atoms with van der Waals surface area (Å²) in [6, 6.07) is 12.8. The van der Waals surface area contributed by atoms with Crippen molar-refractivity contribution in [1.29, 1.82) is 0 Å². The lowest BCUT2D eigenvalue weighted by atomic mass is 10.1. The number of nitrogens with zero attached hydrogens (tertiary/aromatic N) is 1. The molecule has 0 amide bonds. The van der Waals surface area contributed by atoms with Crippen molar-refractivity contribution in [3.63, 3.8) is 0 Å². The lowest BCUT2D eigenvalue weighted by molar-refractivity contribution is 0.575. The Hall–Kier alpha value is -1.19. The number of hydrogen-bond donors (Lipinski definition) is 1. The zero-order valence-electron chi connectivity index (χ0n) is 10.4. The van der Waals surface area contributed by atoms with Gasteiger partial charge in [-0.25, -0.2) is 0 Å². The Morgan fingerprint density at radius 2 is 1.89 bits per heavy atom. The maximum absolute atomic E-state index is 4.02. The molecule has 2 rings (SSSR count). The predicted octanol–water partition coefficient (Wildman–Crippen LogP) is 3.74. The van der Waals surface area contributed by atoms with Crippen LogP contribution in [-0.2, 0) is 6.42 Å². The second-order valence-electron chi connectivity index (χ2n) is 4.30. The molecule has 0 fully saturated rings. The largest absolute Gasteiger partial charge is 0.310 e.